The van der Waals surface area contributed by atoms with Crippen LogP contribution in [0, 0.1) is 0 Å². The highest BCUT2D eigenvalue weighted by Gasteiger charge is 2.14. The quantitative estimate of drug-likeness (QED) is 0.838. The molecule has 0 bridgehead atoms. The summed E-state index contributed by atoms with van der Waals surface area (Å²) in [6.07, 6.45) is 8.18. The van der Waals surface area contributed by atoms with E-state index in [0.717, 1.165) is 16.8 Å². The molecule has 0 radical (unpaired) electrons. The maximum absolute atomic E-state index is 6.13. The summed E-state index contributed by atoms with van der Waals surface area (Å²) in [5.74, 6) is 1.01. The minimum atomic E-state index is 0.413. The van der Waals surface area contributed by atoms with Gasteiger partial charge >= 0.3 is 0 Å². The Hall–Kier alpha value is -0.540. The Kier molecular flexibility index (Phi) is 5.51. The lowest BCUT2D eigenvalue weighted by atomic mass is 10.1. The van der Waals surface area contributed by atoms with Gasteiger partial charge in [0.05, 0.1) is 6.10 Å². The van der Waals surface area contributed by atoms with Crippen LogP contribution in [0.3, 0.4) is 0 Å². The van der Waals surface area contributed by atoms with Crippen molar-refractivity contribution in [2.75, 3.05) is 7.05 Å². The van der Waals surface area contributed by atoms with E-state index in [1.165, 1.54) is 44.1 Å². The van der Waals surface area contributed by atoms with Crippen LogP contribution in [0.4, 0.5) is 0 Å². The molecule has 0 unspecified atom stereocenters. The van der Waals surface area contributed by atoms with Gasteiger partial charge in [0.25, 0.3) is 0 Å². The molecule has 1 aliphatic rings. The van der Waals surface area contributed by atoms with Crippen LogP contribution in [0.2, 0.25) is 0 Å². The summed E-state index contributed by atoms with van der Waals surface area (Å²) in [4.78, 5) is 0. The first kappa shape index (κ1) is 13.9. The second-order valence-corrected chi connectivity index (χ2v) is 5.87. The zero-order valence-corrected chi connectivity index (χ0v) is 12.6. The fourth-order valence-corrected chi connectivity index (χ4v) is 2.89. The molecule has 0 heterocycles. The second-order valence-electron chi connectivity index (χ2n) is 5.01. The molecule has 0 amide bonds. The van der Waals surface area contributed by atoms with Gasteiger partial charge in [0.15, 0.2) is 0 Å². The number of halogens is 1. The maximum atomic E-state index is 6.13. The van der Waals surface area contributed by atoms with Gasteiger partial charge in [-0.2, -0.15) is 0 Å². The molecule has 2 nitrogen and oxygen atoms in total. The van der Waals surface area contributed by atoms with E-state index >= 15 is 0 Å². The number of ether oxygens (including phenoxy) is 1. The Labute approximate surface area is 118 Å². The van der Waals surface area contributed by atoms with Crippen LogP contribution in [-0.2, 0) is 6.54 Å². The first-order valence-corrected chi connectivity index (χ1v) is 7.68. The van der Waals surface area contributed by atoms with E-state index in [-0.39, 0.29) is 0 Å². The number of hydrogen-bond donors (Lipinski definition) is 1. The van der Waals surface area contributed by atoms with Crippen molar-refractivity contribution >= 4 is 15.9 Å². The van der Waals surface area contributed by atoms with Crippen LogP contribution in [0.5, 0.6) is 5.75 Å². The summed E-state index contributed by atoms with van der Waals surface area (Å²) < 4.78 is 7.27. The molecular weight excluding hydrogens is 290 g/mol. The van der Waals surface area contributed by atoms with Gasteiger partial charge in [0.1, 0.15) is 5.75 Å². The summed E-state index contributed by atoms with van der Waals surface area (Å²) in [5.41, 5.74) is 1.25. The Morgan fingerprint density at radius 2 is 1.94 bits per heavy atom. The molecule has 1 saturated carbocycles. The van der Waals surface area contributed by atoms with Crippen LogP contribution in [0.1, 0.15) is 44.1 Å². The molecule has 100 valence electrons. The maximum Gasteiger partial charge on any atom is 0.120 e. The van der Waals surface area contributed by atoms with Gasteiger partial charge in [-0.15, -0.1) is 0 Å². The highest BCUT2D eigenvalue weighted by Crippen LogP contribution is 2.26. The largest absolute Gasteiger partial charge is 0.490 e. The fraction of sp³-hybridized carbons (Fsp3) is 0.600. The summed E-state index contributed by atoms with van der Waals surface area (Å²) in [6, 6.07) is 6.29. The highest BCUT2D eigenvalue weighted by atomic mass is 79.9. The third-order valence-corrected chi connectivity index (χ3v) is 4.26. The molecule has 18 heavy (non-hydrogen) atoms. The van der Waals surface area contributed by atoms with E-state index in [1.54, 1.807) is 0 Å². The van der Waals surface area contributed by atoms with Gasteiger partial charge in [-0.1, -0.05) is 28.8 Å². The van der Waals surface area contributed by atoms with Crippen molar-refractivity contribution in [3.05, 3.63) is 28.2 Å². The van der Waals surface area contributed by atoms with E-state index < -0.39 is 0 Å². The zero-order valence-electron chi connectivity index (χ0n) is 11.0. The van der Waals surface area contributed by atoms with Crippen molar-refractivity contribution < 1.29 is 4.74 Å². The molecule has 0 saturated heterocycles. The zero-order chi connectivity index (χ0) is 12.8. The summed E-state index contributed by atoms with van der Waals surface area (Å²) in [7, 11) is 1.96. The molecule has 2 rings (SSSR count). The molecule has 1 aromatic rings. The van der Waals surface area contributed by atoms with E-state index in [4.69, 9.17) is 4.74 Å². The number of benzene rings is 1. The van der Waals surface area contributed by atoms with Crippen LogP contribution in [-0.4, -0.2) is 13.2 Å². The average Bonchev–Trinajstić information content (AvgIpc) is 2.62. The first-order valence-electron chi connectivity index (χ1n) is 6.89. The molecule has 0 spiro atoms. The van der Waals surface area contributed by atoms with Gasteiger partial charge in [0.2, 0.25) is 0 Å². The first-order chi connectivity index (χ1) is 8.79. The molecular formula is C15H22BrNO. The normalized spacial score (nSPS) is 17.4. The summed E-state index contributed by atoms with van der Waals surface area (Å²) in [6.45, 7) is 0.864. The standard InChI is InChI=1S/C15H22BrNO/c1-17-11-12-10-14(8-9-15(12)16)18-13-6-4-2-3-5-7-13/h8-10,13,17H,2-7,11H2,1H3. The Bertz CT molecular complexity index is 373. The van der Waals surface area contributed by atoms with Crippen LogP contribution in [0.25, 0.3) is 0 Å². The minimum absolute atomic E-state index is 0.413. The predicted molar refractivity (Wildman–Crippen MR) is 79.0 cm³/mol. The molecule has 3 heteroatoms. The molecule has 1 N–H and O–H groups in total. The second kappa shape index (κ2) is 7.15. The summed E-state index contributed by atoms with van der Waals surface area (Å²) in [5, 5.41) is 3.18. The monoisotopic (exact) mass is 311 g/mol. The topological polar surface area (TPSA) is 21.3 Å². The van der Waals surface area contributed by atoms with E-state index in [1.807, 2.05) is 7.05 Å². The third-order valence-electron chi connectivity index (χ3n) is 3.49. The lowest BCUT2D eigenvalue weighted by Crippen LogP contribution is -2.15. The predicted octanol–water partition coefficient (Wildman–Crippen LogP) is 4.27. The van der Waals surface area contributed by atoms with Crippen molar-refractivity contribution in [3.8, 4) is 5.75 Å². The van der Waals surface area contributed by atoms with E-state index in [0.29, 0.717) is 6.10 Å². The molecule has 0 aliphatic heterocycles. The SMILES string of the molecule is CNCc1cc(OC2CCCCCC2)ccc1Br. The third kappa shape index (κ3) is 3.99. The molecule has 0 aromatic heterocycles. The van der Waals surface area contributed by atoms with E-state index in [2.05, 4.69) is 39.4 Å². The number of rotatable bonds is 4. The average molecular weight is 312 g/mol. The molecule has 1 aromatic carbocycles. The van der Waals surface area contributed by atoms with Crippen molar-refractivity contribution in [2.45, 2.75) is 51.2 Å². The van der Waals surface area contributed by atoms with Crippen molar-refractivity contribution in [1.29, 1.82) is 0 Å². The molecule has 0 atom stereocenters. The number of hydrogen-bond acceptors (Lipinski definition) is 2. The van der Waals surface area contributed by atoms with Crippen molar-refractivity contribution in [3.63, 3.8) is 0 Å². The Balaban J connectivity index is 2.01. The molecule has 1 fully saturated rings. The van der Waals surface area contributed by atoms with Crippen molar-refractivity contribution in [1.82, 2.24) is 5.32 Å². The Morgan fingerprint density at radius 1 is 1.22 bits per heavy atom. The van der Waals surface area contributed by atoms with Gasteiger partial charge in [-0.3, -0.25) is 0 Å². The lowest BCUT2D eigenvalue weighted by Gasteiger charge is -2.18. The van der Waals surface area contributed by atoms with Gasteiger partial charge in [-0.05, 0) is 56.5 Å². The van der Waals surface area contributed by atoms with Crippen LogP contribution < -0.4 is 10.1 Å². The summed E-state index contributed by atoms with van der Waals surface area (Å²) >= 11 is 3.57. The van der Waals surface area contributed by atoms with Gasteiger partial charge in [-0.25, -0.2) is 0 Å². The highest BCUT2D eigenvalue weighted by molar-refractivity contribution is 9.10. The molecule has 1 aliphatic carbocycles. The fourth-order valence-electron chi connectivity index (χ4n) is 2.50. The van der Waals surface area contributed by atoms with E-state index in [9.17, 15) is 0 Å². The lowest BCUT2D eigenvalue weighted by molar-refractivity contribution is 0.183. The van der Waals surface area contributed by atoms with Gasteiger partial charge < -0.3 is 10.1 Å². The smallest absolute Gasteiger partial charge is 0.120 e. The van der Waals surface area contributed by atoms with Crippen molar-refractivity contribution in [2.24, 2.45) is 0 Å². The van der Waals surface area contributed by atoms with Gasteiger partial charge in [0, 0.05) is 11.0 Å². The van der Waals surface area contributed by atoms with Crippen LogP contribution >= 0.6 is 15.9 Å². The van der Waals surface area contributed by atoms with Crippen LogP contribution in [0.15, 0.2) is 22.7 Å². The Morgan fingerprint density at radius 3 is 2.61 bits per heavy atom. The number of nitrogens with one attached hydrogen (secondary N) is 1. The minimum Gasteiger partial charge on any atom is -0.490 e.